The molecule has 2 aromatic rings. The van der Waals surface area contributed by atoms with Crippen molar-refractivity contribution in [3.05, 3.63) is 58.9 Å². The van der Waals surface area contributed by atoms with Gasteiger partial charge in [-0.05, 0) is 48.9 Å². The first-order valence-electron chi connectivity index (χ1n) is 7.21. The molecule has 0 fully saturated rings. The van der Waals surface area contributed by atoms with Crippen LogP contribution in [0.1, 0.15) is 18.1 Å². The second kappa shape index (κ2) is 6.56. The minimum atomic E-state index is -0.762. The number of halogens is 2. The first kappa shape index (κ1) is 15.8. The molecule has 0 saturated heterocycles. The van der Waals surface area contributed by atoms with Gasteiger partial charge in [0, 0.05) is 22.8 Å². The van der Waals surface area contributed by atoms with E-state index in [9.17, 15) is 14.3 Å². The van der Waals surface area contributed by atoms with Crippen molar-refractivity contribution in [3.63, 3.8) is 0 Å². The number of hydrogen-bond donors (Lipinski definition) is 1. The first-order chi connectivity index (χ1) is 11.0. The third kappa shape index (κ3) is 3.46. The van der Waals surface area contributed by atoms with Crippen LogP contribution in [0.4, 0.5) is 10.1 Å². The van der Waals surface area contributed by atoms with Crippen molar-refractivity contribution in [2.45, 2.75) is 12.5 Å². The SMILES string of the molecule is O=C(COc1ccc(Cl)cc1)N1CCC(O)c2cc(F)ccc21. The molecule has 0 saturated carbocycles. The molecule has 0 bridgehead atoms. The van der Waals surface area contributed by atoms with E-state index in [0.717, 1.165) is 0 Å². The van der Waals surface area contributed by atoms with E-state index in [1.54, 1.807) is 24.3 Å². The monoisotopic (exact) mass is 335 g/mol. The minimum Gasteiger partial charge on any atom is -0.484 e. The summed E-state index contributed by atoms with van der Waals surface area (Å²) in [5, 5.41) is 10.6. The van der Waals surface area contributed by atoms with E-state index in [-0.39, 0.29) is 12.5 Å². The minimum absolute atomic E-state index is 0.144. The third-order valence-electron chi connectivity index (χ3n) is 3.74. The molecule has 23 heavy (non-hydrogen) atoms. The molecule has 0 aromatic heterocycles. The molecule has 120 valence electrons. The summed E-state index contributed by atoms with van der Waals surface area (Å²) in [5.74, 6) is -0.145. The highest BCUT2D eigenvalue weighted by Crippen LogP contribution is 2.34. The Morgan fingerprint density at radius 3 is 2.78 bits per heavy atom. The van der Waals surface area contributed by atoms with E-state index in [2.05, 4.69) is 0 Å². The van der Waals surface area contributed by atoms with E-state index < -0.39 is 11.9 Å². The molecular weight excluding hydrogens is 321 g/mol. The average Bonchev–Trinajstić information content (AvgIpc) is 2.55. The number of carbonyl (C=O) groups excluding carboxylic acids is 1. The summed E-state index contributed by atoms with van der Waals surface area (Å²) in [6, 6.07) is 10.8. The molecule has 0 spiro atoms. The standard InChI is InChI=1S/C17H15ClFNO3/c18-11-1-4-13(5-2-11)23-10-17(22)20-8-7-16(21)14-9-12(19)3-6-15(14)20/h1-6,9,16,21H,7-8,10H2. The highest BCUT2D eigenvalue weighted by atomic mass is 35.5. The van der Waals surface area contributed by atoms with Crippen LogP contribution in [0.3, 0.4) is 0 Å². The van der Waals surface area contributed by atoms with Crippen molar-refractivity contribution in [2.75, 3.05) is 18.1 Å². The summed E-state index contributed by atoms with van der Waals surface area (Å²) in [5.41, 5.74) is 0.950. The number of nitrogens with zero attached hydrogens (tertiary/aromatic N) is 1. The normalized spacial score (nSPS) is 16.8. The number of amides is 1. The van der Waals surface area contributed by atoms with Gasteiger partial charge in [-0.3, -0.25) is 4.79 Å². The Kier molecular flexibility index (Phi) is 4.50. The van der Waals surface area contributed by atoms with Crippen LogP contribution >= 0.6 is 11.6 Å². The Morgan fingerprint density at radius 2 is 2.04 bits per heavy atom. The van der Waals surface area contributed by atoms with Gasteiger partial charge < -0.3 is 14.7 Å². The molecular formula is C17H15ClFNO3. The summed E-state index contributed by atoms with van der Waals surface area (Å²) in [7, 11) is 0. The predicted octanol–water partition coefficient (Wildman–Crippen LogP) is 3.33. The fourth-order valence-electron chi connectivity index (χ4n) is 2.58. The lowest BCUT2D eigenvalue weighted by molar-refractivity contribution is -0.120. The third-order valence-corrected chi connectivity index (χ3v) is 3.99. The molecule has 1 heterocycles. The largest absolute Gasteiger partial charge is 0.484 e. The molecule has 6 heteroatoms. The van der Waals surface area contributed by atoms with Crippen LogP contribution in [-0.4, -0.2) is 24.2 Å². The molecule has 4 nitrogen and oxygen atoms in total. The number of hydrogen-bond acceptors (Lipinski definition) is 3. The van der Waals surface area contributed by atoms with Gasteiger partial charge in [0.25, 0.3) is 5.91 Å². The molecule has 1 aliphatic heterocycles. The Hall–Kier alpha value is -2.11. The average molecular weight is 336 g/mol. The van der Waals surface area contributed by atoms with Crippen LogP contribution in [0.25, 0.3) is 0 Å². The van der Waals surface area contributed by atoms with E-state index >= 15 is 0 Å². The van der Waals surface area contributed by atoms with Crippen LogP contribution in [-0.2, 0) is 4.79 Å². The molecule has 1 atom stereocenters. The topological polar surface area (TPSA) is 49.8 Å². The van der Waals surface area contributed by atoms with Gasteiger partial charge >= 0.3 is 0 Å². The smallest absolute Gasteiger partial charge is 0.264 e. The van der Waals surface area contributed by atoms with Crippen molar-refractivity contribution in [1.82, 2.24) is 0 Å². The quantitative estimate of drug-likeness (QED) is 0.936. The van der Waals surface area contributed by atoms with Gasteiger partial charge in [-0.15, -0.1) is 0 Å². The van der Waals surface area contributed by atoms with Gasteiger partial charge in [0.05, 0.1) is 6.10 Å². The molecule has 1 aliphatic rings. The number of aliphatic hydroxyl groups is 1. The number of anilines is 1. The Labute approximate surface area is 138 Å². The lowest BCUT2D eigenvalue weighted by Gasteiger charge is -2.32. The summed E-state index contributed by atoms with van der Waals surface area (Å²) < 4.78 is 18.8. The van der Waals surface area contributed by atoms with E-state index in [1.165, 1.54) is 23.1 Å². The fraction of sp³-hybridized carbons (Fsp3) is 0.235. The predicted molar refractivity (Wildman–Crippen MR) is 85.3 cm³/mol. The molecule has 3 rings (SSSR count). The summed E-state index contributed by atoms with van der Waals surface area (Å²) in [6.07, 6.45) is -0.398. The van der Waals surface area contributed by atoms with E-state index in [4.69, 9.17) is 16.3 Å². The summed E-state index contributed by atoms with van der Waals surface area (Å²) in [6.45, 7) is 0.219. The molecule has 0 aliphatic carbocycles. The number of ether oxygens (including phenoxy) is 1. The Bertz CT molecular complexity index is 720. The van der Waals surface area contributed by atoms with Gasteiger partial charge in [0.2, 0.25) is 0 Å². The number of rotatable bonds is 3. The van der Waals surface area contributed by atoms with Crippen LogP contribution in [0.5, 0.6) is 5.75 Å². The molecule has 2 aromatic carbocycles. The fourth-order valence-corrected chi connectivity index (χ4v) is 2.70. The van der Waals surface area contributed by atoms with Gasteiger partial charge in [0.15, 0.2) is 6.61 Å². The van der Waals surface area contributed by atoms with Crippen molar-refractivity contribution >= 4 is 23.2 Å². The zero-order chi connectivity index (χ0) is 16.4. The maximum atomic E-state index is 13.3. The number of fused-ring (bicyclic) bond motifs is 1. The Morgan fingerprint density at radius 1 is 1.30 bits per heavy atom. The van der Waals surface area contributed by atoms with E-state index in [1.807, 2.05) is 0 Å². The lowest BCUT2D eigenvalue weighted by Crippen LogP contribution is -2.39. The van der Waals surface area contributed by atoms with Gasteiger partial charge in [-0.25, -0.2) is 4.39 Å². The van der Waals surface area contributed by atoms with Gasteiger partial charge in [-0.2, -0.15) is 0 Å². The maximum Gasteiger partial charge on any atom is 0.264 e. The van der Waals surface area contributed by atoms with Gasteiger partial charge in [0.1, 0.15) is 11.6 Å². The molecule has 0 radical (unpaired) electrons. The molecule has 1 N–H and O–H groups in total. The van der Waals surface area contributed by atoms with Crippen molar-refractivity contribution in [2.24, 2.45) is 0 Å². The van der Waals surface area contributed by atoms with Gasteiger partial charge in [-0.1, -0.05) is 11.6 Å². The summed E-state index contributed by atoms with van der Waals surface area (Å²) >= 11 is 5.79. The highest BCUT2D eigenvalue weighted by molar-refractivity contribution is 6.30. The summed E-state index contributed by atoms with van der Waals surface area (Å²) in [4.78, 5) is 13.9. The second-order valence-electron chi connectivity index (χ2n) is 5.30. The first-order valence-corrected chi connectivity index (χ1v) is 7.58. The van der Waals surface area contributed by atoms with Crippen LogP contribution < -0.4 is 9.64 Å². The maximum absolute atomic E-state index is 13.3. The lowest BCUT2D eigenvalue weighted by atomic mass is 9.98. The van der Waals surface area contributed by atoms with Crippen LogP contribution in [0.2, 0.25) is 5.02 Å². The van der Waals surface area contributed by atoms with Crippen LogP contribution in [0.15, 0.2) is 42.5 Å². The number of aliphatic hydroxyl groups excluding tert-OH is 1. The van der Waals surface area contributed by atoms with E-state index in [0.29, 0.717) is 35.0 Å². The molecule has 1 unspecified atom stereocenters. The second-order valence-corrected chi connectivity index (χ2v) is 5.73. The Balaban J connectivity index is 1.73. The van der Waals surface area contributed by atoms with Crippen molar-refractivity contribution in [3.8, 4) is 5.75 Å². The van der Waals surface area contributed by atoms with Crippen LogP contribution in [0, 0.1) is 5.82 Å². The number of carbonyl (C=O) groups is 1. The zero-order valence-corrected chi connectivity index (χ0v) is 13.0. The number of benzene rings is 2. The molecule has 1 amide bonds. The highest BCUT2D eigenvalue weighted by Gasteiger charge is 2.28. The zero-order valence-electron chi connectivity index (χ0n) is 12.2. The van der Waals surface area contributed by atoms with Crippen molar-refractivity contribution in [1.29, 1.82) is 0 Å². The van der Waals surface area contributed by atoms with Crippen molar-refractivity contribution < 1.29 is 19.0 Å².